The largest absolute Gasteiger partial charge is 0.321 e. The lowest BCUT2D eigenvalue weighted by atomic mass is 10.1. The molecule has 0 aliphatic carbocycles. The fraction of sp³-hybridized carbons (Fsp3) is 0.429. The lowest BCUT2D eigenvalue weighted by Gasteiger charge is -2.08. The van der Waals surface area contributed by atoms with E-state index in [-0.39, 0.29) is 0 Å². The zero-order valence-corrected chi connectivity index (χ0v) is 11.3. The second-order valence-electron chi connectivity index (χ2n) is 4.71. The molecule has 4 heteroatoms. The van der Waals surface area contributed by atoms with Gasteiger partial charge in [-0.05, 0) is 25.0 Å². The molecule has 0 atom stereocenters. The van der Waals surface area contributed by atoms with Crippen molar-refractivity contribution >= 4 is 0 Å². The summed E-state index contributed by atoms with van der Waals surface area (Å²) < 4.78 is 1.96. The van der Waals surface area contributed by atoms with Crippen LogP contribution < -0.4 is 5.32 Å². The van der Waals surface area contributed by atoms with Crippen LogP contribution in [0.1, 0.15) is 22.5 Å². The van der Waals surface area contributed by atoms with Crippen molar-refractivity contribution < 1.29 is 0 Å². The number of rotatable bonds is 5. The Morgan fingerprint density at radius 2 is 2.11 bits per heavy atom. The van der Waals surface area contributed by atoms with E-state index in [0.717, 1.165) is 25.3 Å². The van der Waals surface area contributed by atoms with Gasteiger partial charge in [-0.25, -0.2) is 0 Å². The SMILES string of the molecule is Cc1ccc(C)c(CNCCc2nncn2C)c1. The lowest BCUT2D eigenvalue weighted by Crippen LogP contribution is -2.18. The quantitative estimate of drug-likeness (QED) is 0.815. The molecule has 0 amide bonds. The zero-order chi connectivity index (χ0) is 13.0. The maximum Gasteiger partial charge on any atom is 0.133 e. The topological polar surface area (TPSA) is 42.7 Å². The number of benzene rings is 1. The van der Waals surface area contributed by atoms with Crippen LogP contribution in [0, 0.1) is 13.8 Å². The zero-order valence-electron chi connectivity index (χ0n) is 11.3. The Hall–Kier alpha value is -1.68. The predicted molar refractivity (Wildman–Crippen MR) is 72.3 cm³/mol. The molecule has 0 spiro atoms. The molecule has 0 fully saturated rings. The molecule has 2 rings (SSSR count). The van der Waals surface area contributed by atoms with Crippen LogP contribution in [-0.4, -0.2) is 21.3 Å². The minimum atomic E-state index is 0.904. The Morgan fingerprint density at radius 1 is 1.28 bits per heavy atom. The summed E-state index contributed by atoms with van der Waals surface area (Å²) in [6.07, 6.45) is 2.64. The van der Waals surface area contributed by atoms with Gasteiger partial charge >= 0.3 is 0 Å². The summed E-state index contributed by atoms with van der Waals surface area (Å²) in [6.45, 7) is 6.10. The molecule has 0 unspecified atom stereocenters. The smallest absolute Gasteiger partial charge is 0.133 e. The van der Waals surface area contributed by atoms with Crippen LogP contribution >= 0.6 is 0 Å². The van der Waals surface area contributed by atoms with Crippen LogP contribution in [0.2, 0.25) is 0 Å². The third-order valence-electron chi connectivity index (χ3n) is 3.15. The third-order valence-corrected chi connectivity index (χ3v) is 3.15. The molecule has 0 aliphatic heterocycles. The highest BCUT2D eigenvalue weighted by atomic mass is 15.2. The molecule has 0 bridgehead atoms. The van der Waals surface area contributed by atoms with E-state index in [4.69, 9.17) is 0 Å². The molecule has 18 heavy (non-hydrogen) atoms. The summed E-state index contributed by atoms with van der Waals surface area (Å²) >= 11 is 0. The van der Waals surface area contributed by atoms with Crippen molar-refractivity contribution in [1.82, 2.24) is 20.1 Å². The molecular weight excluding hydrogens is 224 g/mol. The van der Waals surface area contributed by atoms with E-state index in [9.17, 15) is 0 Å². The van der Waals surface area contributed by atoms with Crippen LogP contribution in [0.4, 0.5) is 0 Å². The first-order chi connectivity index (χ1) is 8.66. The molecule has 1 aromatic carbocycles. The van der Waals surface area contributed by atoms with Crippen molar-refractivity contribution in [3.63, 3.8) is 0 Å². The van der Waals surface area contributed by atoms with Gasteiger partial charge in [-0.1, -0.05) is 23.8 Å². The molecule has 4 nitrogen and oxygen atoms in total. The van der Waals surface area contributed by atoms with Crippen LogP contribution in [0.15, 0.2) is 24.5 Å². The molecular formula is C14H20N4. The first-order valence-electron chi connectivity index (χ1n) is 6.26. The number of aryl methyl sites for hydroxylation is 3. The van der Waals surface area contributed by atoms with Gasteiger partial charge in [-0.15, -0.1) is 10.2 Å². The Bertz CT molecular complexity index is 516. The summed E-state index contributed by atoms with van der Waals surface area (Å²) in [5.41, 5.74) is 4.02. The fourth-order valence-electron chi connectivity index (χ4n) is 1.95. The van der Waals surface area contributed by atoms with Gasteiger partial charge in [-0.3, -0.25) is 0 Å². The summed E-state index contributed by atoms with van der Waals surface area (Å²) in [4.78, 5) is 0. The molecule has 0 radical (unpaired) electrons. The van der Waals surface area contributed by atoms with E-state index in [1.807, 2.05) is 11.6 Å². The molecule has 0 aliphatic rings. The van der Waals surface area contributed by atoms with Gasteiger partial charge in [0, 0.05) is 26.6 Å². The molecule has 1 heterocycles. The van der Waals surface area contributed by atoms with E-state index in [1.54, 1.807) is 6.33 Å². The summed E-state index contributed by atoms with van der Waals surface area (Å²) in [5, 5.41) is 11.4. The van der Waals surface area contributed by atoms with Crippen molar-refractivity contribution in [2.75, 3.05) is 6.54 Å². The fourth-order valence-corrected chi connectivity index (χ4v) is 1.95. The Morgan fingerprint density at radius 3 is 2.83 bits per heavy atom. The first-order valence-corrected chi connectivity index (χ1v) is 6.26. The van der Waals surface area contributed by atoms with Crippen LogP contribution in [0.5, 0.6) is 0 Å². The van der Waals surface area contributed by atoms with Crippen LogP contribution in [-0.2, 0) is 20.0 Å². The Labute approximate surface area is 108 Å². The van der Waals surface area contributed by atoms with E-state index in [1.165, 1.54) is 16.7 Å². The molecule has 1 N–H and O–H groups in total. The Kier molecular flexibility index (Phi) is 4.10. The Balaban J connectivity index is 1.82. The van der Waals surface area contributed by atoms with Gasteiger partial charge in [0.1, 0.15) is 12.2 Å². The highest BCUT2D eigenvalue weighted by molar-refractivity contribution is 5.30. The average Bonchev–Trinajstić information content (AvgIpc) is 2.75. The maximum atomic E-state index is 4.06. The van der Waals surface area contributed by atoms with Gasteiger partial charge in [0.25, 0.3) is 0 Å². The number of hydrogen-bond donors (Lipinski definition) is 1. The van der Waals surface area contributed by atoms with Gasteiger partial charge in [-0.2, -0.15) is 0 Å². The second-order valence-corrected chi connectivity index (χ2v) is 4.71. The standard InChI is InChI=1S/C14H20N4/c1-11-4-5-12(2)13(8-11)9-15-7-6-14-17-16-10-18(14)3/h4-5,8,10,15H,6-7,9H2,1-3H3. The van der Waals surface area contributed by atoms with Crippen LogP contribution in [0.25, 0.3) is 0 Å². The summed E-state index contributed by atoms with van der Waals surface area (Å²) in [6, 6.07) is 6.57. The van der Waals surface area contributed by atoms with Crippen LogP contribution in [0.3, 0.4) is 0 Å². The highest BCUT2D eigenvalue weighted by Crippen LogP contribution is 2.10. The van der Waals surface area contributed by atoms with Crippen molar-refractivity contribution in [2.45, 2.75) is 26.8 Å². The van der Waals surface area contributed by atoms with Gasteiger partial charge < -0.3 is 9.88 Å². The van der Waals surface area contributed by atoms with Crippen molar-refractivity contribution in [3.05, 3.63) is 47.0 Å². The number of nitrogens with zero attached hydrogens (tertiary/aromatic N) is 3. The van der Waals surface area contributed by atoms with E-state index >= 15 is 0 Å². The number of hydrogen-bond acceptors (Lipinski definition) is 3. The van der Waals surface area contributed by atoms with E-state index in [0.29, 0.717) is 0 Å². The lowest BCUT2D eigenvalue weighted by molar-refractivity contribution is 0.652. The first kappa shape index (κ1) is 12.8. The van der Waals surface area contributed by atoms with Crippen molar-refractivity contribution in [2.24, 2.45) is 7.05 Å². The minimum Gasteiger partial charge on any atom is -0.321 e. The van der Waals surface area contributed by atoms with Crippen molar-refractivity contribution in [3.8, 4) is 0 Å². The number of aromatic nitrogens is 3. The second kappa shape index (κ2) is 5.78. The summed E-state index contributed by atoms with van der Waals surface area (Å²) in [7, 11) is 1.97. The maximum absolute atomic E-state index is 4.06. The molecule has 2 aromatic rings. The van der Waals surface area contributed by atoms with E-state index < -0.39 is 0 Å². The van der Waals surface area contributed by atoms with Gasteiger partial charge in [0.05, 0.1) is 0 Å². The van der Waals surface area contributed by atoms with Gasteiger partial charge in [0.15, 0.2) is 0 Å². The van der Waals surface area contributed by atoms with Crippen molar-refractivity contribution in [1.29, 1.82) is 0 Å². The third kappa shape index (κ3) is 3.17. The summed E-state index contributed by atoms with van der Waals surface area (Å²) in [5.74, 6) is 1.02. The molecule has 1 aromatic heterocycles. The minimum absolute atomic E-state index is 0.904. The highest BCUT2D eigenvalue weighted by Gasteiger charge is 2.01. The predicted octanol–water partition coefficient (Wildman–Crippen LogP) is 1.76. The normalized spacial score (nSPS) is 10.8. The van der Waals surface area contributed by atoms with Gasteiger partial charge in [0.2, 0.25) is 0 Å². The molecule has 0 saturated heterocycles. The average molecular weight is 244 g/mol. The molecule has 0 saturated carbocycles. The number of nitrogens with one attached hydrogen (secondary N) is 1. The van der Waals surface area contributed by atoms with E-state index in [2.05, 4.69) is 47.6 Å². The molecule has 96 valence electrons. The monoisotopic (exact) mass is 244 g/mol.